The molecule has 1 aliphatic heterocycles. The number of carbonyl (C=O) groups excluding carboxylic acids is 2. The summed E-state index contributed by atoms with van der Waals surface area (Å²) >= 11 is 0. The SMILES string of the molecule is CCN(C(=O)C[C@@H](C)NC(=O)OCC1c2ccccc2-c2ccccc21)C1COCC1C(=O)O. The summed E-state index contributed by atoms with van der Waals surface area (Å²) in [5.41, 5.74) is 4.57. The van der Waals surface area contributed by atoms with Crippen LogP contribution >= 0.6 is 0 Å². The van der Waals surface area contributed by atoms with Gasteiger partial charge in [-0.1, -0.05) is 48.5 Å². The lowest BCUT2D eigenvalue weighted by atomic mass is 9.98. The minimum atomic E-state index is -0.974. The largest absolute Gasteiger partial charge is 0.481 e. The number of alkyl carbamates (subject to hydrolysis) is 1. The van der Waals surface area contributed by atoms with E-state index in [1.54, 1.807) is 13.8 Å². The predicted octanol–water partition coefficient (Wildman–Crippen LogP) is 3.25. The Morgan fingerprint density at radius 3 is 2.29 bits per heavy atom. The van der Waals surface area contributed by atoms with Crippen molar-refractivity contribution in [2.75, 3.05) is 26.4 Å². The normalized spacial score (nSPS) is 19.7. The zero-order valence-electron chi connectivity index (χ0n) is 19.4. The van der Waals surface area contributed by atoms with Gasteiger partial charge in [0.1, 0.15) is 12.5 Å². The molecule has 0 saturated carbocycles. The summed E-state index contributed by atoms with van der Waals surface area (Å²) in [5.74, 6) is -1.98. The number of amides is 2. The molecule has 0 radical (unpaired) electrons. The lowest BCUT2D eigenvalue weighted by Crippen LogP contribution is -2.48. The Labute approximate surface area is 198 Å². The molecule has 1 saturated heterocycles. The molecule has 0 bridgehead atoms. The highest BCUT2D eigenvalue weighted by atomic mass is 16.5. The number of carboxylic acids is 1. The summed E-state index contributed by atoms with van der Waals surface area (Å²) in [5, 5.41) is 12.1. The van der Waals surface area contributed by atoms with E-state index < -0.39 is 30.1 Å². The first-order chi connectivity index (χ1) is 16.4. The van der Waals surface area contributed by atoms with Gasteiger partial charge >= 0.3 is 12.1 Å². The number of rotatable bonds is 8. The van der Waals surface area contributed by atoms with E-state index in [1.807, 2.05) is 24.3 Å². The van der Waals surface area contributed by atoms with Gasteiger partial charge < -0.3 is 24.8 Å². The molecule has 1 heterocycles. The average molecular weight is 467 g/mol. The molecule has 0 aromatic heterocycles. The molecule has 34 heavy (non-hydrogen) atoms. The third-order valence-electron chi connectivity index (χ3n) is 6.62. The molecule has 180 valence electrons. The minimum absolute atomic E-state index is 0.0408. The monoisotopic (exact) mass is 466 g/mol. The van der Waals surface area contributed by atoms with Gasteiger partial charge in [0, 0.05) is 24.9 Å². The van der Waals surface area contributed by atoms with E-state index in [4.69, 9.17) is 9.47 Å². The fourth-order valence-corrected chi connectivity index (χ4v) is 4.95. The second-order valence-corrected chi connectivity index (χ2v) is 8.80. The van der Waals surface area contributed by atoms with Gasteiger partial charge in [0.2, 0.25) is 5.91 Å². The van der Waals surface area contributed by atoms with Crippen LogP contribution in [0.3, 0.4) is 0 Å². The van der Waals surface area contributed by atoms with Crippen LogP contribution in [0.5, 0.6) is 0 Å². The molecule has 2 aromatic carbocycles. The van der Waals surface area contributed by atoms with Gasteiger partial charge in [-0.25, -0.2) is 4.79 Å². The van der Waals surface area contributed by atoms with Crippen LogP contribution in [0.1, 0.15) is 37.3 Å². The van der Waals surface area contributed by atoms with E-state index in [2.05, 4.69) is 29.6 Å². The molecule has 1 fully saturated rings. The van der Waals surface area contributed by atoms with Crippen molar-refractivity contribution in [1.82, 2.24) is 10.2 Å². The van der Waals surface area contributed by atoms with Crippen molar-refractivity contribution in [1.29, 1.82) is 0 Å². The topological polar surface area (TPSA) is 105 Å². The molecule has 4 rings (SSSR count). The van der Waals surface area contributed by atoms with Crippen LogP contribution < -0.4 is 5.32 Å². The van der Waals surface area contributed by atoms with Gasteiger partial charge in [0.25, 0.3) is 0 Å². The zero-order valence-corrected chi connectivity index (χ0v) is 19.4. The maximum Gasteiger partial charge on any atom is 0.407 e. The van der Waals surface area contributed by atoms with E-state index in [0.717, 1.165) is 22.3 Å². The van der Waals surface area contributed by atoms with Crippen LogP contribution in [0.15, 0.2) is 48.5 Å². The smallest absolute Gasteiger partial charge is 0.407 e. The highest BCUT2D eigenvalue weighted by Gasteiger charge is 2.39. The second kappa shape index (κ2) is 10.3. The number of nitrogens with one attached hydrogen (secondary N) is 1. The number of ether oxygens (including phenoxy) is 2. The summed E-state index contributed by atoms with van der Waals surface area (Å²) in [6.07, 6.45) is -0.543. The van der Waals surface area contributed by atoms with Crippen molar-refractivity contribution in [2.45, 2.75) is 38.3 Å². The number of benzene rings is 2. The van der Waals surface area contributed by atoms with Crippen LogP contribution in [-0.4, -0.2) is 66.4 Å². The Bertz CT molecular complexity index is 1030. The molecule has 1 aliphatic carbocycles. The average Bonchev–Trinajstić information content (AvgIpc) is 3.41. The highest BCUT2D eigenvalue weighted by Crippen LogP contribution is 2.44. The van der Waals surface area contributed by atoms with E-state index in [-0.39, 0.29) is 38.1 Å². The zero-order chi connectivity index (χ0) is 24.2. The number of hydrogen-bond donors (Lipinski definition) is 2. The predicted molar refractivity (Wildman–Crippen MR) is 125 cm³/mol. The van der Waals surface area contributed by atoms with Gasteiger partial charge in [-0.3, -0.25) is 9.59 Å². The van der Waals surface area contributed by atoms with Crippen LogP contribution in [0.25, 0.3) is 11.1 Å². The number of carbonyl (C=O) groups is 3. The number of likely N-dealkylation sites (N-methyl/N-ethyl adjacent to an activating group) is 1. The first-order valence-corrected chi connectivity index (χ1v) is 11.6. The fourth-order valence-electron chi connectivity index (χ4n) is 4.95. The molecule has 2 aromatic rings. The Kier molecular flexibility index (Phi) is 7.17. The molecular weight excluding hydrogens is 436 g/mol. The minimum Gasteiger partial charge on any atom is -0.481 e. The van der Waals surface area contributed by atoms with E-state index in [9.17, 15) is 19.5 Å². The maximum absolute atomic E-state index is 12.8. The fraction of sp³-hybridized carbons (Fsp3) is 0.423. The molecule has 0 spiro atoms. The molecule has 3 atom stereocenters. The first-order valence-electron chi connectivity index (χ1n) is 11.6. The summed E-state index contributed by atoms with van der Waals surface area (Å²) in [6, 6.07) is 15.2. The van der Waals surface area contributed by atoms with Crippen molar-refractivity contribution in [3.05, 3.63) is 59.7 Å². The number of nitrogens with zero attached hydrogens (tertiary/aromatic N) is 1. The Morgan fingerprint density at radius 1 is 1.09 bits per heavy atom. The van der Waals surface area contributed by atoms with Crippen molar-refractivity contribution in [3.63, 3.8) is 0 Å². The van der Waals surface area contributed by atoms with Gasteiger partial charge in [0.05, 0.1) is 19.3 Å². The molecule has 2 unspecified atom stereocenters. The molecule has 2 N–H and O–H groups in total. The van der Waals surface area contributed by atoms with E-state index in [0.29, 0.717) is 6.54 Å². The quantitative estimate of drug-likeness (QED) is 0.619. The lowest BCUT2D eigenvalue weighted by molar-refractivity contribution is -0.145. The maximum atomic E-state index is 12.8. The van der Waals surface area contributed by atoms with Crippen LogP contribution in [0.4, 0.5) is 4.79 Å². The summed E-state index contributed by atoms with van der Waals surface area (Å²) in [7, 11) is 0. The standard InChI is InChI=1S/C26H30N2O6/c1-3-28(23-15-33-13-22(23)25(30)31)24(29)12-16(2)27-26(32)34-14-21-19-10-6-4-8-17(19)18-9-5-7-11-20(18)21/h4-11,16,21-23H,3,12-15H2,1-2H3,(H,27,32)(H,30,31)/t16-,22?,23?/m1/s1. The van der Waals surface area contributed by atoms with Gasteiger partial charge in [-0.2, -0.15) is 0 Å². The molecule has 2 aliphatic rings. The van der Waals surface area contributed by atoms with Gasteiger partial charge in [0.15, 0.2) is 0 Å². The number of fused-ring (bicyclic) bond motifs is 3. The summed E-state index contributed by atoms with van der Waals surface area (Å²) in [6.45, 7) is 4.39. The third kappa shape index (κ3) is 4.77. The van der Waals surface area contributed by atoms with Crippen LogP contribution in [-0.2, 0) is 19.1 Å². The second-order valence-electron chi connectivity index (χ2n) is 8.80. The summed E-state index contributed by atoms with van der Waals surface area (Å²) < 4.78 is 10.9. The van der Waals surface area contributed by atoms with E-state index in [1.165, 1.54) is 4.90 Å². The third-order valence-corrected chi connectivity index (χ3v) is 6.62. The molecule has 8 heteroatoms. The number of hydrogen-bond acceptors (Lipinski definition) is 5. The Morgan fingerprint density at radius 2 is 1.71 bits per heavy atom. The first kappa shape index (κ1) is 23.8. The molecular formula is C26H30N2O6. The lowest BCUT2D eigenvalue weighted by Gasteiger charge is -2.30. The van der Waals surface area contributed by atoms with Crippen molar-refractivity contribution < 1.29 is 29.0 Å². The van der Waals surface area contributed by atoms with E-state index >= 15 is 0 Å². The number of carboxylic acid groups (broad SMARTS) is 1. The molecule has 2 amide bonds. The van der Waals surface area contributed by atoms with Crippen LogP contribution in [0.2, 0.25) is 0 Å². The Hall–Kier alpha value is -3.39. The number of aliphatic carboxylic acids is 1. The van der Waals surface area contributed by atoms with Crippen molar-refractivity contribution in [3.8, 4) is 11.1 Å². The van der Waals surface area contributed by atoms with Gasteiger partial charge in [-0.05, 0) is 36.1 Å². The van der Waals surface area contributed by atoms with Crippen molar-refractivity contribution >= 4 is 18.0 Å². The van der Waals surface area contributed by atoms with Gasteiger partial charge in [-0.15, -0.1) is 0 Å². The Balaban J connectivity index is 1.32. The summed E-state index contributed by atoms with van der Waals surface area (Å²) in [4.78, 5) is 38.3. The van der Waals surface area contributed by atoms with Crippen LogP contribution in [0, 0.1) is 5.92 Å². The van der Waals surface area contributed by atoms with Crippen molar-refractivity contribution in [2.24, 2.45) is 5.92 Å². The highest BCUT2D eigenvalue weighted by molar-refractivity contribution is 5.80. The molecule has 8 nitrogen and oxygen atoms in total.